The number of carbonyl (C=O) groups is 4. The highest BCUT2D eigenvalue weighted by molar-refractivity contribution is 8.00. The molecule has 0 bridgehead atoms. The number of nitrogens with one attached hydrogen (secondary N) is 1. The first-order valence-corrected chi connectivity index (χ1v) is 12.4. The van der Waals surface area contributed by atoms with E-state index in [1.165, 1.54) is 53.6 Å². The molecule has 34 heavy (non-hydrogen) atoms. The van der Waals surface area contributed by atoms with Crippen LogP contribution in [0.5, 0.6) is 0 Å². The average Bonchev–Trinajstić information content (AvgIpc) is 3.44. The number of oxime groups is 1. The lowest BCUT2D eigenvalue weighted by Crippen LogP contribution is -2.71. The van der Waals surface area contributed by atoms with Gasteiger partial charge in [0.15, 0.2) is 21.6 Å². The number of nitrogen functional groups attached to an aromatic ring is 1. The summed E-state index contributed by atoms with van der Waals surface area (Å²) in [7, 11) is 1.27. The third-order valence-corrected chi connectivity index (χ3v) is 8.05. The Morgan fingerprint density at radius 2 is 2.18 bits per heavy atom. The highest BCUT2D eigenvalue weighted by atomic mass is 32.2. The summed E-state index contributed by atoms with van der Waals surface area (Å²) in [5, 5.41) is 17.6. The Morgan fingerprint density at radius 1 is 1.41 bits per heavy atom. The number of fused-ring (bicyclic) bond motifs is 1. The van der Waals surface area contributed by atoms with Gasteiger partial charge in [0.25, 0.3) is 11.8 Å². The molecule has 1 saturated heterocycles. The van der Waals surface area contributed by atoms with Crippen LogP contribution in [0, 0.1) is 0 Å². The van der Waals surface area contributed by atoms with Gasteiger partial charge in [0.05, 0.1) is 0 Å². The molecule has 15 heteroatoms. The molecular formula is C19H18N6O6S3. The number of nitrogens with two attached hydrogens (primary N) is 1. The van der Waals surface area contributed by atoms with Crippen LogP contribution in [0.2, 0.25) is 0 Å². The quantitative estimate of drug-likeness (QED) is 0.194. The molecule has 0 saturated carbocycles. The first-order chi connectivity index (χ1) is 16.2. The second-order valence-corrected chi connectivity index (χ2v) is 10.3. The lowest BCUT2D eigenvalue weighted by molar-refractivity contribution is -0.150. The molecule has 2 atom stereocenters. The lowest BCUT2D eigenvalue weighted by Gasteiger charge is -2.49. The highest BCUT2D eigenvalue weighted by Gasteiger charge is 2.54. The fourth-order valence-electron chi connectivity index (χ4n) is 3.48. The van der Waals surface area contributed by atoms with Crippen LogP contribution in [-0.4, -0.2) is 73.5 Å². The molecule has 0 aromatic carbocycles. The number of anilines is 1. The fraction of sp³-hybridized carbons (Fsp3) is 0.316. The molecule has 178 valence electrons. The summed E-state index contributed by atoms with van der Waals surface area (Å²) in [5.74, 6) is -2.33. The van der Waals surface area contributed by atoms with Crippen LogP contribution in [0.25, 0.3) is 0 Å². The van der Waals surface area contributed by atoms with Crippen molar-refractivity contribution in [1.29, 1.82) is 0 Å². The number of aromatic nitrogens is 2. The summed E-state index contributed by atoms with van der Waals surface area (Å²) < 4.78 is 0. The molecule has 2 aromatic heterocycles. The van der Waals surface area contributed by atoms with Crippen molar-refractivity contribution in [3.8, 4) is 0 Å². The topological polar surface area (TPSA) is 177 Å². The maximum atomic E-state index is 12.9. The van der Waals surface area contributed by atoms with Gasteiger partial charge in [-0.3, -0.25) is 19.3 Å². The average molecular weight is 523 g/mol. The van der Waals surface area contributed by atoms with Gasteiger partial charge in [-0.1, -0.05) is 5.16 Å². The number of carboxylic acid groups (broad SMARTS) is 1. The van der Waals surface area contributed by atoms with E-state index in [-0.39, 0.29) is 34.4 Å². The Balaban J connectivity index is 1.53. The third kappa shape index (κ3) is 4.41. The molecule has 2 aliphatic heterocycles. The van der Waals surface area contributed by atoms with Gasteiger partial charge in [0.1, 0.15) is 29.9 Å². The van der Waals surface area contributed by atoms with Crippen LogP contribution in [0.4, 0.5) is 5.13 Å². The van der Waals surface area contributed by atoms with Crippen molar-refractivity contribution in [3.63, 3.8) is 0 Å². The Kier molecular flexibility index (Phi) is 6.67. The maximum absolute atomic E-state index is 12.9. The number of amides is 2. The van der Waals surface area contributed by atoms with E-state index in [4.69, 9.17) is 10.6 Å². The minimum Gasteiger partial charge on any atom is -0.477 e. The monoisotopic (exact) mass is 522 g/mol. The minimum absolute atomic E-state index is 0.116. The van der Waals surface area contributed by atoms with E-state index in [0.717, 1.165) is 16.2 Å². The number of ketones is 1. The Morgan fingerprint density at radius 3 is 2.76 bits per heavy atom. The van der Waals surface area contributed by atoms with Crippen molar-refractivity contribution >= 4 is 68.8 Å². The fourth-order valence-corrected chi connectivity index (χ4v) is 6.23. The zero-order valence-corrected chi connectivity index (χ0v) is 20.3. The van der Waals surface area contributed by atoms with Gasteiger partial charge in [0.2, 0.25) is 0 Å². The van der Waals surface area contributed by atoms with Crippen LogP contribution >= 0.6 is 34.4 Å². The second-order valence-electron chi connectivity index (χ2n) is 7.18. The van der Waals surface area contributed by atoms with Gasteiger partial charge < -0.3 is 21.0 Å². The summed E-state index contributed by atoms with van der Waals surface area (Å²) in [5.41, 5.74) is 6.09. The van der Waals surface area contributed by atoms with E-state index >= 15 is 0 Å². The van der Waals surface area contributed by atoms with Crippen molar-refractivity contribution in [2.75, 3.05) is 18.6 Å². The molecule has 0 spiro atoms. The Hall–Kier alpha value is -3.30. The van der Waals surface area contributed by atoms with Crippen molar-refractivity contribution in [1.82, 2.24) is 20.2 Å². The summed E-state index contributed by atoms with van der Waals surface area (Å²) in [6.45, 7) is 1.41. The van der Waals surface area contributed by atoms with Gasteiger partial charge in [-0.25, -0.2) is 14.8 Å². The zero-order chi connectivity index (χ0) is 24.6. The van der Waals surface area contributed by atoms with E-state index in [1.807, 2.05) is 0 Å². The van der Waals surface area contributed by atoms with Gasteiger partial charge in [-0.15, -0.1) is 34.4 Å². The van der Waals surface area contributed by atoms with Crippen LogP contribution in [0.15, 0.2) is 28.0 Å². The summed E-state index contributed by atoms with van der Waals surface area (Å²) >= 11 is 3.64. The van der Waals surface area contributed by atoms with Crippen molar-refractivity contribution in [2.45, 2.75) is 24.8 Å². The number of β-lactam (4-membered cyclic amide) rings is 1. The molecule has 1 fully saturated rings. The minimum atomic E-state index is -1.24. The molecule has 2 amide bonds. The molecule has 12 nitrogen and oxygen atoms in total. The lowest BCUT2D eigenvalue weighted by atomic mass is 10.0. The van der Waals surface area contributed by atoms with E-state index < -0.39 is 29.2 Å². The Bertz CT molecular complexity index is 1250. The number of thioether (sulfide) groups is 1. The smallest absolute Gasteiger partial charge is 0.352 e. The molecule has 0 aliphatic carbocycles. The number of rotatable bonds is 8. The predicted octanol–water partition coefficient (Wildman–Crippen LogP) is 0.716. The van der Waals surface area contributed by atoms with Crippen molar-refractivity contribution in [3.05, 3.63) is 38.4 Å². The maximum Gasteiger partial charge on any atom is 0.352 e. The van der Waals surface area contributed by atoms with Crippen LogP contribution in [-0.2, 0) is 25.6 Å². The number of carboxylic acids is 1. The second kappa shape index (κ2) is 9.52. The zero-order valence-electron chi connectivity index (χ0n) is 17.8. The Labute approximate surface area is 204 Å². The first-order valence-electron chi connectivity index (χ1n) is 9.70. The standard InChI is InChI=1S/C19H18N6O6S3/c1-7(26)15-21-4-9(34-15)3-8-5-32-17-12(16(28)25(17)13(8)18(29)30)23-14(27)11(24-31-2)10-6-33-19(20)22-10/h4,6,12,17H,3,5H2,1-2H3,(H2,20,22)(H,23,27)(H,29,30)/b24-11-/t12-,17-/m1/s1. The molecule has 2 aromatic rings. The van der Waals surface area contributed by atoms with Crippen molar-refractivity contribution < 1.29 is 29.1 Å². The van der Waals surface area contributed by atoms with Gasteiger partial charge in [0, 0.05) is 35.6 Å². The number of thiazole rings is 2. The molecule has 0 unspecified atom stereocenters. The molecular weight excluding hydrogens is 504 g/mol. The van der Waals surface area contributed by atoms with Crippen LogP contribution in [0.1, 0.15) is 27.3 Å². The van der Waals surface area contributed by atoms with Gasteiger partial charge in [-0.05, 0) is 5.57 Å². The molecule has 4 N–H and O–H groups in total. The SMILES string of the molecule is CO/N=C(\C(=O)N[C@@H]1C(=O)N2C(C(=O)O)=C(Cc3cnc(C(C)=O)s3)CS[C@H]12)c1csc(N)n1. The van der Waals surface area contributed by atoms with E-state index in [9.17, 15) is 24.3 Å². The van der Waals surface area contributed by atoms with Crippen LogP contribution < -0.4 is 11.1 Å². The van der Waals surface area contributed by atoms with E-state index in [1.54, 1.807) is 0 Å². The number of Topliss-reactive ketones (excluding diaryl/α,β-unsaturated/α-hetero) is 1. The normalized spacial score (nSPS) is 20.0. The molecule has 4 rings (SSSR count). The van der Waals surface area contributed by atoms with Gasteiger partial charge in [-0.2, -0.15) is 0 Å². The summed E-state index contributed by atoms with van der Waals surface area (Å²) in [6, 6.07) is -0.945. The van der Waals surface area contributed by atoms with Crippen molar-refractivity contribution in [2.24, 2.45) is 5.16 Å². The third-order valence-electron chi connectivity index (χ3n) is 4.94. The highest BCUT2D eigenvalue weighted by Crippen LogP contribution is 2.41. The van der Waals surface area contributed by atoms with E-state index in [2.05, 4.69) is 20.4 Å². The molecule has 4 heterocycles. The van der Waals surface area contributed by atoms with Gasteiger partial charge >= 0.3 is 5.97 Å². The molecule has 2 aliphatic rings. The first kappa shape index (κ1) is 23.8. The molecule has 0 radical (unpaired) electrons. The summed E-state index contributed by atoms with van der Waals surface area (Å²) in [4.78, 5) is 63.9. The number of hydrogen-bond acceptors (Lipinski definition) is 12. The van der Waals surface area contributed by atoms with E-state index in [0.29, 0.717) is 16.3 Å². The number of nitrogens with zero attached hydrogens (tertiary/aromatic N) is 4. The number of carbonyl (C=O) groups excluding carboxylic acids is 3. The number of aliphatic carboxylic acids is 1. The summed E-state index contributed by atoms with van der Waals surface area (Å²) in [6.07, 6.45) is 1.79. The number of hydrogen-bond donors (Lipinski definition) is 3. The predicted molar refractivity (Wildman–Crippen MR) is 126 cm³/mol. The van der Waals surface area contributed by atoms with Crippen LogP contribution in [0.3, 0.4) is 0 Å². The largest absolute Gasteiger partial charge is 0.477 e.